The molecule has 0 saturated heterocycles. The number of nitrogens with zero attached hydrogens (tertiary/aromatic N) is 1. The van der Waals surface area contributed by atoms with Gasteiger partial charge in [-0.05, 0) is 16.8 Å². The molecule has 0 saturated carbocycles. The van der Waals surface area contributed by atoms with Gasteiger partial charge in [0.15, 0.2) is 5.78 Å². The maximum absolute atomic E-state index is 12.1. The van der Waals surface area contributed by atoms with Crippen molar-refractivity contribution in [3.63, 3.8) is 0 Å². The number of hydrogen-bond donors (Lipinski definition) is 1. The van der Waals surface area contributed by atoms with E-state index in [4.69, 9.17) is 0 Å². The van der Waals surface area contributed by atoms with Gasteiger partial charge in [-0.15, -0.1) is 0 Å². The van der Waals surface area contributed by atoms with E-state index in [9.17, 15) is 9.90 Å². The fourth-order valence-electron chi connectivity index (χ4n) is 1.82. The van der Waals surface area contributed by atoms with Crippen LogP contribution in [0.4, 0.5) is 0 Å². The lowest BCUT2D eigenvalue weighted by Gasteiger charge is -2.07. The molecular weight excluding hydrogens is 226 g/mol. The molecule has 2 aromatic carbocycles. The molecule has 1 N–H and O–H groups in total. The normalized spacial score (nSPS) is 11.0. The molecule has 18 heavy (non-hydrogen) atoms. The van der Waals surface area contributed by atoms with E-state index in [2.05, 4.69) is 0 Å². The van der Waals surface area contributed by atoms with Crippen LogP contribution in [0.15, 0.2) is 48.7 Å². The van der Waals surface area contributed by atoms with E-state index in [1.165, 1.54) is 6.08 Å². The summed E-state index contributed by atoms with van der Waals surface area (Å²) in [5, 5.41) is 11.6. The molecule has 92 valence electrons. The van der Waals surface area contributed by atoms with Gasteiger partial charge in [0.05, 0.1) is 5.56 Å². The Morgan fingerprint density at radius 1 is 1.17 bits per heavy atom. The van der Waals surface area contributed by atoms with Crippen LogP contribution >= 0.6 is 0 Å². The summed E-state index contributed by atoms with van der Waals surface area (Å²) in [7, 11) is 3.68. The van der Waals surface area contributed by atoms with Crippen molar-refractivity contribution in [1.29, 1.82) is 0 Å². The molecule has 0 spiro atoms. The number of benzene rings is 2. The number of phenolic OH excluding ortho intramolecular Hbond substituents is 1. The summed E-state index contributed by atoms with van der Waals surface area (Å²) in [5.41, 5.74) is 0.353. The molecule has 0 aromatic heterocycles. The van der Waals surface area contributed by atoms with Gasteiger partial charge in [0.2, 0.25) is 0 Å². The molecule has 3 nitrogen and oxygen atoms in total. The first-order valence-corrected chi connectivity index (χ1v) is 5.69. The third kappa shape index (κ3) is 2.35. The maximum atomic E-state index is 12.1. The van der Waals surface area contributed by atoms with Gasteiger partial charge in [0.25, 0.3) is 0 Å². The molecule has 0 heterocycles. The second-order valence-corrected chi connectivity index (χ2v) is 4.32. The van der Waals surface area contributed by atoms with Crippen molar-refractivity contribution in [2.45, 2.75) is 0 Å². The van der Waals surface area contributed by atoms with Gasteiger partial charge < -0.3 is 10.0 Å². The summed E-state index contributed by atoms with van der Waals surface area (Å²) in [5.74, 6) is -0.180. The van der Waals surface area contributed by atoms with E-state index in [0.29, 0.717) is 5.56 Å². The minimum atomic E-state index is -0.196. The predicted octanol–water partition coefficient (Wildman–Crippen LogP) is 2.80. The van der Waals surface area contributed by atoms with E-state index in [0.717, 1.165) is 10.8 Å². The van der Waals surface area contributed by atoms with E-state index < -0.39 is 0 Å². The highest BCUT2D eigenvalue weighted by Gasteiger charge is 2.12. The van der Waals surface area contributed by atoms with Gasteiger partial charge >= 0.3 is 0 Å². The molecule has 0 bridgehead atoms. The lowest BCUT2D eigenvalue weighted by Crippen LogP contribution is -2.03. The Kier molecular flexibility index (Phi) is 3.33. The third-order valence-corrected chi connectivity index (χ3v) is 2.68. The highest BCUT2D eigenvalue weighted by Crippen LogP contribution is 2.27. The highest BCUT2D eigenvalue weighted by molar-refractivity contribution is 6.15. The first kappa shape index (κ1) is 12.2. The minimum absolute atomic E-state index is 0.0158. The van der Waals surface area contributed by atoms with Crippen LogP contribution in [0.5, 0.6) is 5.75 Å². The summed E-state index contributed by atoms with van der Waals surface area (Å²) in [6, 6.07) is 10.9. The molecule has 0 aliphatic rings. The number of rotatable bonds is 3. The molecular formula is C15H15NO2. The molecule has 2 aromatic rings. The molecule has 0 unspecified atom stereocenters. The Morgan fingerprint density at radius 3 is 2.61 bits per heavy atom. The van der Waals surface area contributed by atoms with Gasteiger partial charge in [0.1, 0.15) is 5.75 Å². The van der Waals surface area contributed by atoms with Gasteiger partial charge in [-0.3, -0.25) is 4.79 Å². The number of ketones is 1. The Hall–Kier alpha value is -2.29. The second-order valence-electron chi connectivity index (χ2n) is 4.32. The summed E-state index contributed by atoms with van der Waals surface area (Å²) in [4.78, 5) is 13.9. The van der Waals surface area contributed by atoms with Crippen molar-refractivity contribution >= 4 is 16.6 Å². The number of allylic oxidation sites excluding steroid dienone is 1. The number of carbonyl (C=O) groups is 1. The summed E-state index contributed by atoms with van der Waals surface area (Å²) in [6.07, 6.45) is 3.13. The van der Waals surface area contributed by atoms with E-state index in [1.54, 1.807) is 23.2 Å². The number of phenols is 1. The summed E-state index contributed by atoms with van der Waals surface area (Å²) in [6.45, 7) is 0. The van der Waals surface area contributed by atoms with Crippen LogP contribution < -0.4 is 0 Å². The molecule has 0 amide bonds. The van der Waals surface area contributed by atoms with Gasteiger partial charge in [-0.1, -0.05) is 30.3 Å². The van der Waals surface area contributed by atoms with Crippen LogP contribution in [0, 0.1) is 0 Å². The third-order valence-electron chi connectivity index (χ3n) is 2.68. The number of fused-ring (bicyclic) bond motifs is 1. The van der Waals surface area contributed by atoms with Crippen molar-refractivity contribution < 1.29 is 9.90 Å². The van der Waals surface area contributed by atoms with Gasteiger partial charge in [0, 0.05) is 26.4 Å². The first-order valence-electron chi connectivity index (χ1n) is 5.69. The van der Waals surface area contributed by atoms with Gasteiger partial charge in [-0.25, -0.2) is 0 Å². The van der Waals surface area contributed by atoms with Crippen molar-refractivity contribution in [3.05, 3.63) is 54.2 Å². The fourth-order valence-corrected chi connectivity index (χ4v) is 1.82. The molecule has 0 radical (unpaired) electrons. The SMILES string of the molecule is CN(C)/C=C/C(=O)c1c(O)ccc2ccccc12. The molecule has 2 rings (SSSR count). The molecule has 0 aliphatic carbocycles. The van der Waals surface area contributed by atoms with Crippen LogP contribution in [0.3, 0.4) is 0 Å². The van der Waals surface area contributed by atoms with Crippen molar-refractivity contribution in [2.75, 3.05) is 14.1 Å². The van der Waals surface area contributed by atoms with Crippen molar-refractivity contribution in [1.82, 2.24) is 4.90 Å². The predicted molar refractivity (Wildman–Crippen MR) is 72.8 cm³/mol. The Morgan fingerprint density at radius 2 is 1.89 bits per heavy atom. The zero-order chi connectivity index (χ0) is 13.1. The molecule has 0 fully saturated rings. The molecule has 0 aliphatic heterocycles. The van der Waals surface area contributed by atoms with Crippen molar-refractivity contribution in [2.24, 2.45) is 0 Å². The van der Waals surface area contributed by atoms with Crippen LogP contribution in [0.25, 0.3) is 10.8 Å². The number of hydrogen-bond acceptors (Lipinski definition) is 3. The quantitative estimate of drug-likeness (QED) is 0.663. The maximum Gasteiger partial charge on any atom is 0.191 e. The van der Waals surface area contributed by atoms with E-state index >= 15 is 0 Å². The topological polar surface area (TPSA) is 40.5 Å². The monoisotopic (exact) mass is 241 g/mol. The lowest BCUT2D eigenvalue weighted by molar-refractivity contribution is 0.104. The van der Waals surface area contributed by atoms with Crippen LogP contribution in [0.1, 0.15) is 10.4 Å². The lowest BCUT2D eigenvalue weighted by atomic mass is 10.0. The first-order chi connectivity index (χ1) is 8.59. The zero-order valence-electron chi connectivity index (χ0n) is 10.4. The Labute approximate surface area is 106 Å². The number of carbonyl (C=O) groups excluding carboxylic acids is 1. The molecule has 0 atom stereocenters. The smallest absolute Gasteiger partial charge is 0.191 e. The van der Waals surface area contributed by atoms with E-state index in [1.807, 2.05) is 38.4 Å². The average molecular weight is 241 g/mol. The average Bonchev–Trinajstić information content (AvgIpc) is 2.36. The summed E-state index contributed by atoms with van der Waals surface area (Å²) < 4.78 is 0. The van der Waals surface area contributed by atoms with Crippen molar-refractivity contribution in [3.8, 4) is 5.75 Å². The second kappa shape index (κ2) is 4.92. The van der Waals surface area contributed by atoms with E-state index in [-0.39, 0.29) is 11.5 Å². The highest BCUT2D eigenvalue weighted by atomic mass is 16.3. The Balaban J connectivity index is 2.55. The largest absolute Gasteiger partial charge is 0.507 e. The minimum Gasteiger partial charge on any atom is -0.507 e. The zero-order valence-corrected chi connectivity index (χ0v) is 10.4. The van der Waals surface area contributed by atoms with Crippen LogP contribution in [-0.2, 0) is 0 Å². The Bertz CT molecular complexity index is 615. The number of aromatic hydroxyl groups is 1. The summed E-state index contributed by atoms with van der Waals surface area (Å²) >= 11 is 0. The molecule has 3 heteroatoms. The fraction of sp³-hybridized carbons (Fsp3) is 0.133. The van der Waals surface area contributed by atoms with Crippen LogP contribution in [-0.4, -0.2) is 29.9 Å². The van der Waals surface area contributed by atoms with Gasteiger partial charge in [-0.2, -0.15) is 0 Å². The van der Waals surface area contributed by atoms with Crippen LogP contribution in [0.2, 0.25) is 0 Å². The standard InChI is InChI=1S/C15H15NO2/c1-16(2)10-9-14(18)15-12-6-4-3-5-11(12)7-8-13(15)17/h3-10,17H,1-2H3/b10-9+.